The first-order chi connectivity index (χ1) is 17.4. The lowest BCUT2D eigenvalue weighted by atomic mass is 10.1. The summed E-state index contributed by atoms with van der Waals surface area (Å²) in [6, 6.07) is 14.6. The summed E-state index contributed by atoms with van der Waals surface area (Å²) in [6.45, 7) is 5.94. The van der Waals surface area contributed by atoms with Crippen molar-refractivity contribution in [3.8, 4) is 5.75 Å². The third kappa shape index (κ3) is 7.90. The molecule has 1 N–H and O–H groups in total. The standard InChI is InChI=1S/C28H35FN4O3/c1-31(21-25-9-10-27(34)30-25)20-23-5-3-7-26(19-23)36-17-16-32-12-14-33(15-13-32)28(35)11-8-22-4-2-6-24(29)18-22/h2-8,11,18-19,25H,9-10,12-17,20-21H2,1H3,(H,30,34)/b11-8+. The first kappa shape index (κ1) is 25.9. The van der Waals surface area contributed by atoms with Crippen LogP contribution in [0.5, 0.6) is 5.75 Å². The number of hydrogen-bond donors (Lipinski definition) is 1. The Morgan fingerprint density at radius 2 is 1.97 bits per heavy atom. The monoisotopic (exact) mass is 494 g/mol. The van der Waals surface area contributed by atoms with Gasteiger partial charge in [0.05, 0.1) is 0 Å². The number of piperazine rings is 1. The Morgan fingerprint density at radius 1 is 1.17 bits per heavy atom. The van der Waals surface area contributed by atoms with Crippen LogP contribution in [0.4, 0.5) is 4.39 Å². The predicted molar refractivity (Wildman–Crippen MR) is 138 cm³/mol. The lowest BCUT2D eigenvalue weighted by Gasteiger charge is -2.34. The maximum Gasteiger partial charge on any atom is 0.246 e. The summed E-state index contributed by atoms with van der Waals surface area (Å²) >= 11 is 0. The molecule has 2 amide bonds. The number of benzene rings is 2. The van der Waals surface area contributed by atoms with Gasteiger partial charge in [-0.2, -0.15) is 0 Å². The maximum absolute atomic E-state index is 13.3. The van der Waals surface area contributed by atoms with Crippen LogP contribution < -0.4 is 10.1 Å². The van der Waals surface area contributed by atoms with Gasteiger partial charge in [0.25, 0.3) is 0 Å². The Labute approximate surface area is 212 Å². The quantitative estimate of drug-likeness (QED) is 0.515. The van der Waals surface area contributed by atoms with Crippen molar-refractivity contribution in [2.45, 2.75) is 25.4 Å². The molecule has 4 rings (SSSR count). The van der Waals surface area contributed by atoms with Gasteiger partial charge in [0.2, 0.25) is 11.8 Å². The summed E-state index contributed by atoms with van der Waals surface area (Å²) < 4.78 is 19.3. The van der Waals surface area contributed by atoms with E-state index in [9.17, 15) is 14.0 Å². The fourth-order valence-corrected chi connectivity index (χ4v) is 4.67. The molecule has 0 spiro atoms. The molecule has 0 saturated carbocycles. The number of hydrogen-bond acceptors (Lipinski definition) is 5. The van der Waals surface area contributed by atoms with Gasteiger partial charge in [0, 0.05) is 64.4 Å². The fourth-order valence-electron chi connectivity index (χ4n) is 4.67. The second kappa shape index (κ2) is 12.6. The van der Waals surface area contributed by atoms with Gasteiger partial charge in [-0.15, -0.1) is 0 Å². The molecular weight excluding hydrogens is 459 g/mol. The Balaban J connectivity index is 1.15. The van der Waals surface area contributed by atoms with E-state index >= 15 is 0 Å². The SMILES string of the molecule is CN(Cc1cccc(OCCN2CCN(C(=O)/C=C/c3cccc(F)c3)CC2)c1)CC1CCC(=O)N1. The van der Waals surface area contributed by atoms with Gasteiger partial charge in [0.15, 0.2) is 0 Å². The van der Waals surface area contributed by atoms with E-state index in [0.717, 1.165) is 44.9 Å². The molecule has 7 nitrogen and oxygen atoms in total. The summed E-state index contributed by atoms with van der Waals surface area (Å²) in [6.07, 6.45) is 4.70. The minimum Gasteiger partial charge on any atom is -0.492 e. The number of amides is 2. The third-order valence-electron chi connectivity index (χ3n) is 6.60. The fraction of sp³-hybridized carbons (Fsp3) is 0.429. The van der Waals surface area contributed by atoms with E-state index in [2.05, 4.69) is 34.3 Å². The number of halogens is 1. The molecule has 2 aromatic carbocycles. The molecule has 192 valence electrons. The van der Waals surface area contributed by atoms with Crippen molar-refractivity contribution >= 4 is 17.9 Å². The van der Waals surface area contributed by atoms with Gasteiger partial charge in [-0.1, -0.05) is 24.3 Å². The summed E-state index contributed by atoms with van der Waals surface area (Å²) in [5.41, 5.74) is 1.86. The van der Waals surface area contributed by atoms with Crippen LogP contribution in [0.2, 0.25) is 0 Å². The number of likely N-dealkylation sites (N-methyl/N-ethyl adjacent to an activating group) is 1. The van der Waals surface area contributed by atoms with Crippen molar-refractivity contribution in [1.82, 2.24) is 20.0 Å². The van der Waals surface area contributed by atoms with Gasteiger partial charge in [-0.3, -0.25) is 14.5 Å². The molecule has 36 heavy (non-hydrogen) atoms. The van der Waals surface area contributed by atoms with Gasteiger partial charge >= 0.3 is 0 Å². The van der Waals surface area contributed by atoms with Gasteiger partial charge < -0.3 is 19.9 Å². The molecule has 1 unspecified atom stereocenters. The molecule has 0 aliphatic carbocycles. The molecule has 2 aliphatic rings. The summed E-state index contributed by atoms with van der Waals surface area (Å²) in [4.78, 5) is 30.2. The van der Waals surface area contributed by atoms with E-state index in [1.165, 1.54) is 23.8 Å². The van der Waals surface area contributed by atoms with Crippen molar-refractivity contribution in [1.29, 1.82) is 0 Å². The van der Waals surface area contributed by atoms with Crippen molar-refractivity contribution in [2.75, 3.05) is 52.9 Å². The van der Waals surface area contributed by atoms with Crippen LogP contribution in [0.1, 0.15) is 24.0 Å². The Kier molecular flexibility index (Phi) is 9.08. The van der Waals surface area contributed by atoms with Crippen LogP contribution >= 0.6 is 0 Å². The van der Waals surface area contributed by atoms with Gasteiger partial charge in [0.1, 0.15) is 18.2 Å². The molecule has 1 atom stereocenters. The lowest BCUT2D eigenvalue weighted by molar-refractivity contribution is -0.127. The average molecular weight is 495 g/mol. The molecule has 2 aliphatic heterocycles. The van der Waals surface area contributed by atoms with E-state index in [0.29, 0.717) is 31.7 Å². The number of rotatable bonds is 10. The maximum atomic E-state index is 13.3. The minimum absolute atomic E-state index is 0.0488. The smallest absolute Gasteiger partial charge is 0.246 e. The number of ether oxygens (including phenoxy) is 1. The highest BCUT2D eigenvalue weighted by Crippen LogP contribution is 2.16. The van der Waals surface area contributed by atoms with E-state index in [1.54, 1.807) is 18.2 Å². The van der Waals surface area contributed by atoms with Crippen LogP contribution in [0.25, 0.3) is 6.08 Å². The second-order valence-corrected chi connectivity index (χ2v) is 9.55. The van der Waals surface area contributed by atoms with Crippen molar-refractivity contribution in [2.24, 2.45) is 0 Å². The zero-order valence-corrected chi connectivity index (χ0v) is 20.9. The number of nitrogens with zero attached hydrogens (tertiary/aromatic N) is 3. The number of carbonyl (C=O) groups is 2. The van der Waals surface area contributed by atoms with Gasteiger partial charge in [-0.05, 0) is 54.9 Å². The Hall–Kier alpha value is -3.23. The first-order valence-corrected chi connectivity index (χ1v) is 12.6. The highest BCUT2D eigenvalue weighted by Gasteiger charge is 2.22. The molecule has 0 aromatic heterocycles. The molecule has 2 saturated heterocycles. The summed E-state index contributed by atoms with van der Waals surface area (Å²) in [7, 11) is 2.07. The first-order valence-electron chi connectivity index (χ1n) is 12.6. The molecular formula is C28H35FN4O3. The zero-order chi connectivity index (χ0) is 25.3. The third-order valence-corrected chi connectivity index (χ3v) is 6.60. The summed E-state index contributed by atoms with van der Waals surface area (Å²) in [5, 5.41) is 3.02. The highest BCUT2D eigenvalue weighted by molar-refractivity contribution is 5.91. The molecule has 2 heterocycles. The molecule has 8 heteroatoms. The van der Waals surface area contributed by atoms with Crippen molar-refractivity contribution < 1.29 is 18.7 Å². The largest absolute Gasteiger partial charge is 0.492 e. The highest BCUT2D eigenvalue weighted by atomic mass is 19.1. The molecule has 2 aromatic rings. The van der Waals surface area contributed by atoms with Gasteiger partial charge in [-0.25, -0.2) is 4.39 Å². The minimum atomic E-state index is -0.310. The average Bonchev–Trinajstić information content (AvgIpc) is 3.27. The summed E-state index contributed by atoms with van der Waals surface area (Å²) in [5.74, 6) is 0.642. The van der Waals surface area contributed by atoms with Crippen LogP contribution in [-0.4, -0.2) is 85.5 Å². The number of nitrogens with one attached hydrogen (secondary N) is 1. The van der Waals surface area contributed by atoms with Crippen molar-refractivity contribution in [3.05, 3.63) is 71.6 Å². The Bertz CT molecular complexity index is 1070. The van der Waals surface area contributed by atoms with E-state index < -0.39 is 0 Å². The number of carbonyl (C=O) groups excluding carboxylic acids is 2. The van der Waals surface area contributed by atoms with Crippen molar-refractivity contribution in [3.63, 3.8) is 0 Å². The zero-order valence-electron chi connectivity index (χ0n) is 20.9. The van der Waals surface area contributed by atoms with E-state index in [-0.39, 0.29) is 23.7 Å². The topological polar surface area (TPSA) is 65.1 Å². The molecule has 0 radical (unpaired) electrons. The van der Waals surface area contributed by atoms with Crippen LogP contribution in [0, 0.1) is 5.82 Å². The van der Waals surface area contributed by atoms with E-state index in [1.807, 2.05) is 17.0 Å². The lowest BCUT2D eigenvalue weighted by Crippen LogP contribution is -2.49. The van der Waals surface area contributed by atoms with Crippen LogP contribution in [0.3, 0.4) is 0 Å². The van der Waals surface area contributed by atoms with E-state index in [4.69, 9.17) is 4.74 Å². The van der Waals surface area contributed by atoms with Crippen LogP contribution in [-0.2, 0) is 16.1 Å². The normalized spacial score (nSPS) is 18.7. The molecule has 0 bridgehead atoms. The van der Waals surface area contributed by atoms with Crippen LogP contribution in [0.15, 0.2) is 54.6 Å². The molecule has 2 fully saturated rings. The second-order valence-electron chi connectivity index (χ2n) is 9.55. The predicted octanol–water partition coefficient (Wildman–Crippen LogP) is 2.77. The Morgan fingerprint density at radius 3 is 2.72 bits per heavy atom.